The van der Waals surface area contributed by atoms with Gasteiger partial charge in [0.25, 0.3) is 5.91 Å². The Morgan fingerprint density at radius 3 is 2.43 bits per heavy atom. The minimum Gasteiger partial charge on any atom is -0.426 e. The van der Waals surface area contributed by atoms with Gasteiger partial charge in [-0.2, -0.15) is 0 Å². The second kappa shape index (κ2) is 6.13. The van der Waals surface area contributed by atoms with Gasteiger partial charge in [0.1, 0.15) is 5.75 Å². The van der Waals surface area contributed by atoms with E-state index in [0.717, 1.165) is 12.1 Å². The molecule has 1 amide bonds. The average Bonchev–Trinajstić information content (AvgIpc) is 2.43. The van der Waals surface area contributed by atoms with Gasteiger partial charge < -0.3 is 10.1 Å². The highest BCUT2D eigenvalue weighted by Gasteiger charge is 2.14. The van der Waals surface area contributed by atoms with Gasteiger partial charge in [-0.15, -0.1) is 0 Å². The number of ether oxygens (including phenoxy) is 1. The van der Waals surface area contributed by atoms with Gasteiger partial charge in [0, 0.05) is 18.7 Å². The van der Waals surface area contributed by atoms with Crippen LogP contribution in [0.3, 0.4) is 0 Å². The number of amides is 1. The summed E-state index contributed by atoms with van der Waals surface area (Å²) in [7, 11) is 0. The molecule has 0 aliphatic rings. The van der Waals surface area contributed by atoms with E-state index < -0.39 is 23.5 Å². The van der Waals surface area contributed by atoms with E-state index in [4.69, 9.17) is 4.74 Å². The van der Waals surface area contributed by atoms with E-state index in [1.807, 2.05) is 0 Å². The van der Waals surface area contributed by atoms with Gasteiger partial charge in [-0.05, 0) is 24.3 Å². The number of carbonyl (C=O) groups is 2. The third kappa shape index (κ3) is 3.62. The highest BCUT2D eigenvalue weighted by atomic mass is 19.2. The fourth-order valence-electron chi connectivity index (χ4n) is 1.67. The van der Waals surface area contributed by atoms with E-state index in [-0.39, 0.29) is 17.0 Å². The molecule has 2 aromatic carbocycles. The van der Waals surface area contributed by atoms with Crippen molar-refractivity contribution in [3.63, 3.8) is 0 Å². The van der Waals surface area contributed by atoms with Gasteiger partial charge in [-0.3, -0.25) is 9.59 Å². The standard InChI is InChI=1S/C15H11F2NO3/c1-9(19)21-14-5-3-2-4-11(14)15(20)18-10-6-7-12(16)13(17)8-10/h2-8H,1H3,(H,18,20). The third-order valence-corrected chi connectivity index (χ3v) is 2.56. The van der Waals surface area contributed by atoms with Crippen LogP contribution in [0.2, 0.25) is 0 Å². The zero-order chi connectivity index (χ0) is 15.4. The molecule has 0 heterocycles. The van der Waals surface area contributed by atoms with Crippen LogP contribution < -0.4 is 10.1 Å². The Labute approximate surface area is 119 Å². The molecule has 0 fully saturated rings. The third-order valence-electron chi connectivity index (χ3n) is 2.56. The van der Waals surface area contributed by atoms with Crippen molar-refractivity contribution < 1.29 is 23.1 Å². The molecule has 0 saturated heterocycles. The smallest absolute Gasteiger partial charge is 0.308 e. The maximum absolute atomic E-state index is 13.1. The van der Waals surface area contributed by atoms with Crippen LogP contribution in [0.4, 0.5) is 14.5 Å². The van der Waals surface area contributed by atoms with Crippen molar-refractivity contribution in [3.8, 4) is 5.75 Å². The number of rotatable bonds is 3. The summed E-state index contributed by atoms with van der Waals surface area (Å²) in [6, 6.07) is 9.10. The number of hydrogen-bond donors (Lipinski definition) is 1. The van der Waals surface area contributed by atoms with Crippen LogP contribution in [0.5, 0.6) is 5.75 Å². The predicted molar refractivity (Wildman–Crippen MR) is 72.1 cm³/mol. The quantitative estimate of drug-likeness (QED) is 0.698. The van der Waals surface area contributed by atoms with Crippen molar-refractivity contribution >= 4 is 17.6 Å². The summed E-state index contributed by atoms with van der Waals surface area (Å²) in [6.45, 7) is 1.21. The lowest BCUT2D eigenvalue weighted by Gasteiger charge is -2.09. The number of hydrogen-bond acceptors (Lipinski definition) is 3. The Kier molecular flexibility index (Phi) is 4.27. The summed E-state index contributed by atoms with van der Waals surface area (Å²) in [4.78, 5) is 23.1. The molecule has 0 unspecified atom stereocenters. The van der Waals surface area contributed by atoms with Gasteiger partial charge in [-0.25, -0.2) is 8.78 Å². The molecule has 0 aromatic heterocycles. The summed E-state index contributed by atoms with van der Waals surface area (Å²) in [5.74, 6) is -3.15. The molecule has 6 heteroatoms. The first-order valence-electron chi connectivity index (χ1n) is 6.01. The normalized spacial score (nSPS) is 10.0. The highest BCUT2D eigenvalue weighted by Crippen LogP contribution is 2.20. The lowest BCUT2D eigenvalue weighted by molar-refractivity contribution is -0.131. The topological polar surface area (TPSA) is 55.4 Å². The maximum atomic E-state index is 13.1. The predicted octanol–water partition coefficient (Wildman–Crippen LogP) is 3.14. The molecule has 108 valence electrons. The number of halogens is 2. The molecule has 0 spiro atoms. The molecule has 0 atom stereocenters. The zero-order valence-corrected chi connectivity index (χ0v) is 11.0. The minimum atomic E-state index is -1.07. The highest BCUT2D eigenvalue weighted by molar-refractivity contribution is 6.06. The number of esters is 1. The summed E-state index contributed by atoms with van der Waals surface area (Å²) in [5, 5.41) is 2.40. The van der Waals surface area contributed by atoms with Gasteiger partial charge in [0.2, 0.25) is 0 Å². The molecule has 2 aromatic rings. The van der Waals surface area contributed by atoms with E-state index in [1.54, 1.807) is 12.1 Å². The van der Waals surface area contributed by atoms with Crippen LogP contribution in [-0.2, 0) is 4.79 Å². The Bertz CT molecular complexity index is 701. The first-order valence-corrected chi connectivity index (χ1v) is 6.01. The van der Waals surface area contributed by atoms with Crippen LogP contribution in [0.25, 0.3) is 0 Å². The van der Waals surface area contributed by atoms with Crippen molar-refractivity contribution in [1.29, 1.82) is 0 Å². The molecule has 0 aliphatic carbocycles. The first kappa shape index (κ1) is 14.6. The number of nitrogens with one attached hydrogen (secondary N) is 1. The number of para-hydroxylation sites is 1. The molecular formula is C15H11F2NO3. The van der Waals surface area contributed by atoms with Gasteiger partial charge in [0.15, 0.2) is 11.6 Å². The van der Waals surface area contributed by atoms with Crippen molar-refractivity contribution in [2.24, 2.45) is 0 Å². The molecular weight excluding hydrogens is 280 g/mol. The zero-order valence-electron chi connectivity index (χ0n) is 11.0. The molecule has 4 nitrogen and oxygen atoms in total. The molecule has 0 aliphatic heterocycles. The first-order chi connectivity index (χ1) is 9.97. The fourth-order valence-corrected chi connectivity index (χ4v) is 1.67. The number of anilines is 1. The average molecular weight is 291 g/mol. The van der Waals surface area contributed by atoms with E-state index in [0.29, 0.717) is 0 Å². The number of carbonyl (C=O) groups excluding carboxylic acids is 2. The minimum absolute atomic E-state index is 0.0880. The van der Waals surface area contributed by atoms with Crippen molar-refractivity contribution in [2.75, 3.05) is 5.32 Å². The Morgan fingerprint density at radius 1 is 1.05 bits per heavy atom. The van der Waals surface area contributed by atoms with E-state index in [2.05, 4.69) is 5.32 Å². The summed E-state index contributed by atoms with van der Waals surface area (Å²) >= 11 is 0. The van der Waals surface area contributed by atoms with Gasteiger partial charge >= 0.3 is 5.97 Å². The van der Waals surface area contributed by atoms with Crippen molar-refractivity contribution in [1.82, 2.24) is 0 Å². The van der Waals surface area contributed by atoms with E-state index in [1.165, 1.54) is 25.1 Å². The fraction of sp³-hybridized carbons (Fsp3) is 0.0667. The van der Waals surface area contributed by atoms with Crippen LogP contribution >= 0.6 is 0 Å². The van der Waals surface area contributed by atoms with Crippen LogP contribution in [-0.4, -0.2) is 11.9 Å². The van der Waals surface area contributed by atoms with E-state index >= 15 is 0 Å². The molecule has 21 heavy (non-hydrogen) atoms. The van der Waals surface area contributed by atoms with Crippen LogP contribution in [0, 0.1) is 11.6 Å². The Balaban J connectivity index is 2.24. The van der Waals surface area contributed by atoms with Gasteiger partial charge in [0.05, 0.1) is 5.56 Å². The van der Waals surface area contributed by atoms with Crippen molar-refractivity contribution in [2.45, 2.75) is 6.92 Å². The van der Waals surface area contributed by atoms with Crippen LogP contribution in [0.15, 0.2) is 42.5 Å². The summed E-state index contributed by atoms with van der Waals surface area (Å²) in [6.07, 6.45) is 0. The van der Waals surface area contributed by atoms with Crippen LogP contribution in [0.1, 0.15) is 17.3 Å². The molecule has 2 rings (SSSR count). The second-order valence-corrected chi connectivity index (χ2v) is 4.17. The maximum Gasteiger partial charge on any atom is 0.308 e. The SMILES string of the molecule is CC(=O)Oc1ccccc1C(=O)Nc1ccc(F)c(F)c1. The number of benzene rings is 2. The second-order valence-electron chi connectivity index (χ2n) is 4.17. The van der Waals surface area contributed by atoms with Gasteiger partial charge in [-0.1, -0.05) is 12.1 Å². The lowest BCUT2D eigenvalue weighted by Crippen LogP contribution is -2.15. The monoisotopic (exact) mass is 291 g/mol. The summed E-state index contributed by atoms with van der Waals surface area (Å²) in [5.41, 5.74) is 0.203. The molecule has 0 bridgehead atoms. The molecule has 0 radical (unpaired) electrons. The largest absolute Gasteiger partial charge is 0.426 e. The van der Waals surface area contributed by atoms with E-state index in [9.17, 15) is 18.4 Å². The summed E-state index contributed by atoms with van der Waals surface area (Å²) < 4.78 is 30.8. The Morgan fingerprint density at radius 2 is 1.76 bits per heavy atom. The molecule has 0 saturated carbocycles. The van der Waals surface area contributed by atoms with Crippen molar-refractivity contribution in [3.05, 3.63) is 59.7 Å². The Hall–Kier alpha value is -2.76. The molecule has 1 N–H and O–H groups in total. The lowest BCUT2D eigenvalue weighted by atomic mass is 10.2.